The fourth-order valence-electron chi connectivity index (χ4n) is 2.84. The molecule has 21 heavy (non-hydrogen) atoms. The number of benzene rings is 1. The molecule has 4 heteroatoms. The van der Waals surface area contributed by atoms with Crippen molar-refractivity contribution in [2.45, 2.75) is 13.5 Å². The van der Waals surface area contributed by atoms with Crippen LogP contribution < -0.4 is 10.2 Å². The van der Waals surface area contributed by atoms with Gasteiger partial charge in [0.1, 0.15) is 0 Å². The summed E-state index contributed by atoms with van der Waals surface area (Å²) in [7, 11) is 6.29. The predicted octanol–water partition coefficient (Wildman–Crippen LogP) is 1.40. The van der Waals surface area contributed by atoms with Crippen molar-refractivity contribution in [1.29, 1.82) is 0 Å². The van der Waals surface area contributed by atoms with Gasteiger partial charge >= 0.3 is 0 Å². The molecule has 0 bridgehead atoms. The van der Waals surface area contributed by atoms with Gasteiger partial charge in [0.05, 0.1) is 0 Å². The van der Waals surface area contributed by atoms with E-state index in [1.165, 1.54) is 36.4 Å². The molecular weight excluding hydrogens is 260 g/mol. The van der Waals surface area contributed by atoms with E-state index in [0.717, 1.165) is 26.2 Å². The number of hydrogen-bond donors (Lipinski definition) is 1. The molecule has 1 aromatic carbocycles. The second kappa shape index (κ2) is 7.78. The van der Waals surface area contributed by atoms with Gasteiger partial charge in [-0.3, -0.25) is 4.90 Å². The van der Waals surface area contributed by atoms with E-state index in [1.54, 1.807) is 0 Å². The number of piperazine rings is 1. The molecule has 0 aromatic heterocycles. The van der Waals surface area contributed by atoms with Crippen LogP contribution in [0, 0.1) is 6.92 Å². The molecule has 1 fully saturated rings. The maximum absolute atomic E-state index is 3.23. The Bertz CT molecular complexity index is 436. The number of aryl methyl sites for hydroxylation is 1. The first kappa shape index (κ1) is 16.3. The van der Waals surface area contributed by atoms with E-state index in [-0.39, 0.29) is 0 Å². The third kappa shape index (κ3) is 4.70. The van der Waals surface area contributed by atoms with Crippen molar-refractivity contribution in [1.82, 2.24) is 15.1 Å². The summed E-state index contributed by atoms with van der Waals surface area (Å²) in [5.74, 6) is 0. The predicted molar refractivity (Wildman–Crippen MR) is 91.1 cm³/mol. The summed E-state index contributed by atoms with van der Waals surface area (Å²) < 4.78 is 0. The molecule has 1 aromatic rings. The van der Waals surface area contributed by atoms with Crippen molar-refractivity contribution >= 4 is 5.69 Å². The normalized spacial score (nSPS) is 16.7. The molecule has 0 saturated carbocycles. The highest BCUT2D eigenvalue weighted by atomic mass is 15.3. The summed E-state index contributed by atoms with van der Waals surface area (Å²) in [6.45, 7) is 10.1. The maximum atomic E-state index is 3.23. The van der Waals surface area contributed by atoms with Crippen LogP contribution in [0.25, 0.3) is 0 Å². The Morgan fingerprint density at radius 2 is 1.86 bits per heavy atom. The first-order chi connectivity index (χ1) is 10.1. The first-order valence-electron chi connectivity index (χ1n) is 7.96. The van der Waals surface area contributed by atoms with Crippen LogP contribution in [0.1, 0.15) is 11.1 Å². The highest BCUT2D eigenvalue weighted by molar-refractivity contribution is 5.51. The van der Waals surface area contributed by atoms with Gasteiger partial charge in [0.25, 0.3) is 0 Å². The van der Waals surface area contributed by atoms with Crippen LogP contribution in [0.3, 0.4) is 0 Å². The van der Waals surface area contributed by atoms with Crippen LogP contribution in [0.4, 0.5) is 5.69 Å². The van der Waals surface area contributed by atoms with E-state index in [9.17, 15) is 0 Å². The molecule has 0 spiro atoms. The highest BCUT2D eigenvalue weighted by Gasteiger charge is 2.17. The van der Waals surface area contributed by atoms with Gasteiger partial charge in [-0.25, -0.2) is 0 Å². The average Bonchev–Trinajstić information content (AvgIpc) is 2.48. The Balaban J connectivity index is 1.88. The van der Waals surface area contributed by atoms with Crippen molar-refractivity contribution in [3.63, 3.8) is 0 Å². The SMILES string of the molecule is CNCc1ccc(N2CCN(CCN(C)C)CC2)cc1C. The molecule has 118 valence electrons. The summed E-state index contributed by atoms with van der Waals surface area (Å²) in [4.78, 5) is 7.34. The molecule has 1 N–H and O–H groups in total. The Kier molecular flexibility index (Phi) is 6.03. The number of rotatable bonds is 6. The van der Waals surface area contributed by atoms with Crippen molar-refractivity contribution in [3.8, 4) is 0 Å². The fraction of sp³-hybridized carbons (Fsp3) is 0.647. The van der Waals surface area contributed by atoms with Gasteiger partial charge in [-0.2, -0.15) is 0 Å². The third-order valence-electron chi connectivity index (χ3n) is 4.29. The lowest BCUT2D eigenvalue weighted by molar-refractivity contribution is 0.229. The first-order valence-corrected chi connectivity index (χ1v) is 7.96. The zero-order valence-corrected chi connectivity index (χ0v) is 14.0. The molecule has 0 aliphatic carbocycles. The third-order valence-corrected chi connectivity index (χ3v) is 4.29. The molecular formula is C17H30N4. The summed E-state index contributed by atoms with van der Waals surface area (Å²) in [6.07, 6.45) is 0. The summed E-state index contributed by atoms with van der Waals surface area (Å²) in [5, 5.41) is 3.23. The zero-order chi connectivity index (χ0) is 15.2. The topological polar surface area (TPSA) is 21.8 Å². The van der Waals surface area contributed by atoms with Crippen LogP contribution in [-0.2, 0) is 6.54 Å². The second-order valence-corrected chi connectivity index (χ2v) is 6.27. The van der Waals surface area contributed by atoms with E-state index in [1.807, 2.05) is 7.05 Å². The average molecular weight is 290 g/mol. The molecule has 0 radical (unpaired) electrons. The van der Waals surface area contributed by atoms with Gasteiger partial charge in [0.2, 0.25) is 0 Å². The monoisotopic (exact) mass is 290 g/mol. The summed E-state index contributed by atoms with van der Waals surface area (Å²) in [5.41, 5.74) is 4.15. The van der Waals surface area contributed by atoms with Gasteiger partial charge in [-0.15, -0.1) is 0 Å². The van der Waals surface area contributed by atoms with Crippen LogP contribution in [0.2, 0.25) is 0 Å². The molecule has 2 rings (SSSR count). The Labute approximate surface area is 129 Å². The van der Waals surface area contributed by atoms with Crippen LogP contribution in [-0.4, -0.2) is 70.2 Å². The van der Waals surface area contributed by atoms with Gasteiger partial charge in [0, 0.05) is 51.5 Å². The summed E-state index contributed by atoms with van der Waals surface area (Å²) in [6, 6.07) is 6.87. The van der Waals surface area contributed by atoms with Crippen LogP contribution in [0.15, 0.2) is 18.2 Å². The minimum absolute atomic E-state index is 0.949. The number of hydrogen-bond acceptors (Lipinski definition) is 4. The van der Waals surface area contributed by atoms with E-state index in [2.05, 4.69) is 59.2 Å². The van der Waals surface area contributed by atoms with E-state index in [4.69, 9.17) is 0 Å². The summed E-state index contributed by atoms with van der Waals surface area (Å²) >= 11 is 0. The number of anilines is 1. The Morgan fingerprint density at radius 3 is 2.43 bits per heavy atom. The quantitative estimate of drug-likeness (QED) is 0.855. The Morgan fingerprint density at radius 1 is 1.14 bits per heavy atom. The van der Waals surface area contributed by atoms with Gasteiger partial charge < -0.3 is 15.1 Å². The molecule has 1 saturated heterocycles. The molecule has 0 amide bonds. The van der Waals surface area contributed by atoms with Crippen molar-refractivity contribution in [2.75, 3.05) is 65.3 Å². The molecule has 0 unspecified atom stereocenters. The Hall–Kier alpha value is -1.10. The largest absolute Gasteiger partial charge is 0.369 e. The number of nitrogens with one attached hydrogen (secondary N) is 1. The van der Waals surface area contributed by atoms with Crippen LogP contribution in [0.5, 0.6) is 0 Å². The lowest BCUT2D eigenvalue weighted by atomic mass is 10.1. The molecule has 1 aliphatic rings. The van der Waals surface area contributed by atoms with Crippen molar-refractivity contribution < 1.29 is 0 Å². The van der Waals surface area contributed by atoms with Gasteiger partial charge in [-0.1, -0.05) is 6.07 Å². The smallest absolute Gasteiger partial charge is 0.0369 e. The zero-order valence-electron chi connectivity index (χ0n) is 14.0. The minimum atomic E-state index is 0.949. The minimum Gasteiger partial charge on any atom is -0.369 e. The standard InChI is InChI=1S/C17H30N4/c1-15-13-17(6-5-16(15)14-18-2)21-11-9-20(10-12-21)8-7-19(3)4/h5-6,13,18H,7-12,14H2,1-4H3. The lowest BCUT2D eigenvalue weighted by Gasteiger charge is -2.36. The van der Waals surface area contributed by atoms with Gasteiger partial charge in [0.15, 0.2) is 0 Å². The van der Waals surface area contributed by atoms with E-state index in [0.29, 0.717) is 0 Å². The second-order valence-electron chi connectivity index (χ2n) is 6.27. The number of nitrogens with zero attached hydrogens (tertiary/aromatic N) is 3. The fourth-order valence-corrected chi connectivity index (χ4v) is 2.84. The highest BCUT2D eigenvalue weighted by Crippen LogP contribution is 2.20. The van der Waals surface area contributed by atoms with E-state index >= 15 is 0 Å². The molecule has 0 atom stereocenters. The molecule has 1 aliphatic heterocycles. The van der Waals surface area contributed by atoms with E-state index < -0.39 is 0 Å². The van der Waals surface area contributed by atoms with Crippen molar-refractivity contribution in [2.24, 2.45) is 0 Å². The van der Waals surface area contributed by atoms with Gasteiger partial charge in [-0.05, 0) is 51.3 Å². The lowest BCUT2D eigenvalue weighted by Crippen LogP contribution is -2.48. The maximum Gasteiger partial charge on any atom is 0.0369 e. The molecule has 1 heterocycles. The van der Waals surface area contributed by atoms with Crippen LogP contribution >= 0.6 is 0 Å². The van der Waals surface area contributed by atoms with Crippen molar-refractivity contribution in [3.05, 3.63) is 29.3 Å². The number of likely N-dealkylation sites (N-methyl/N-ethyl adjacent to an activating group) is 1. The molecule has 4 nitrogen and oxygen atoms in total.